The molecule has 1 atom stereocenters. The van der Waals surface area contributed by atoms with Crippen LogP contribution >= 0.6 is 11.6 Å². The van der Waals surface area contributed by atoms with Crippen molar-refractivity contribution in [3.8, 4) is 0 Å². The van der Waals surface area contributed by atoms with Gasteiger partial charge in [0.05, 0.1) is 10.6 Å². The van der Waals surface area contributed by atoms with Gasteiger partial charge in [-0.15, -0.1) is 0 Å². The third-order valence-electron chi connectivity index (χ3n) is 3.12. The topological polar surface area (TPSA) is 78.4 Å². The molecule has 1 aromatic rings. The molecule has 1 unspecified atom stereocenters. The molecule has 0 radical (unpaired) electrons. The number of anilines is 1. The number of carbonyl (C=O) groups excluding carboxylic acids is 1. The van der Waals surface area contributed by atoms with Crippen molar-refractivity contribution in [2.75, 3.05) is 18.4 Å². The number of aromatic carboxylic acids is 1. The minimum Gasteiger partial charge on any atom is -0.478 e. The summed E-state index contributed by atoms with van der Waals surface area (Å²) in [5.41, 5.74) is 0.444. The minimum absolute atomic E-state index is 0.0120. The number of nitrogens with one attached hydrogen (secondary N) is 2. The largest absolute Gasteiger partial charge is 0.478 e. The molecule has 3 N–H and O–H groups in total. The Kier molecular flexibility index (Phi) is 4.39. The van der Waals surface area contributed by atoms with E-state index in [-0.39, 0.29) is 16.5 Å². The van der Waals surface area contributed by atoms with Crippen molar-refractivity contribution in [1.29, 1.82) is 0 Å². The van der Waals surface area contributed by atoms with Gasteiger partial charge in [0.15, 0.2) is 0 Å². The molecule has 0 spiro atoms. The molecular weight excluding hydrogens is 268 g/mol. The van der Waals surface area contributed by atoms with E-state index in [0.29, 0.717) is 18.0 Å². The van der Waals surface area contributed by atoms with Crippen LogP contribution in [0, 0.1) is 5.92 Å². The van der Waals surface area contributed by atoms with Crippen LogP contribution < -0.4 is 10.6 Å². The lowest BCUT2D eigenvalue weighted by Gasteiger charge is -2.10. The second kappa shape index (κ2) is 6.04. The average molecular weight is 283 g/mol. The average Bonchev–Trinajstić information content (AvgIpc) is 2.84. The Bertz CT molecular complexity index is 499. The maximum atomic E-state index is 11.8. The van der Waals surface area contributed by atoms with Crippen LogP contribution in [0.1, 0.15) is 23.2 Å². The van der Waals surface area contributed by atoms with Gasteiger partial charge in [0.1, 0.15) is 0 Å². The van der Waals surface area contributed by atoms with Crippen molar-refractivity contribution < 1.29 is 14.7 Å². The zero-order valence-corrected chi connectivity index (χ0v) is 11.0. The van der Waals surface area contributed by atoms with E-state index in [9.17, 15) is 9.59 Å². The Morgan fingerprint density at radius 2 is 2.26 bits per heavy atom. The number of amides is 1. The van der Waals surface area contributed by atoms with Gasteiger partial charge >= 0.3 is 5.97 Å². The van der Waals surface area contributed by atoms with Crippen molar-refractivity contribution in [2.24, 2.45) is 5.92 Å². The monoisotopic (exact) mass is 282 g/mol. The number of hydrogen-bond acceptors (Lipinski definition) is 3. The summed E-state index contributed by atoms with van der Waals surface area (Å²) in [4.78, 5) is 22.7. The summed E-state index contributed by atoms with van der Waals surface area (Å²) in [6, 6.07) is 4.44. The van der Waals surface area contributed by atoms with E-state index in [0.717, 1.165) is 19.5 Å². The maximum absolute atomic E-state index is 11.8. The molecule has 1 fully saturated rings. The van der Waals surface area contributed by atoms with Crippen molar-refractivity contribution in [3.05, 3.63) is 28.8 Å². The number of halogens is 1. The minimum atomic E-state index is -1.11. The first-order chi connectivity index (χ1) is 9.06. The van der Waals surface area contributed by atoms with Gasteiger partial charge in [-0.2, -0.15) is 0 Å². The van der Waals surface area contributed by atoms with Gasteiger partial charge in [0.2, 0.25) is 5.91 Å². The van der Waals surface area contributed by atoms with Crippen LogP contribution in [-0.4, -0.2) is 30.1 Å². The van der Waals surface area contributed by atoms with E-state index >= 15 is 0 Å². The van der Waals surface area contributed by atoms with Gasteiger partial charge in [-0.1, -0.05) is 11.6 Å². The maximum Gasteiger partial charge on any atom is 0.337 e. The Hall–Kier alpha value is -1.59. The summed E-state index contributed by atoms with van der Waals surface area (Å²) in [5, 5.41) is 15.0. The van der Waals surface area contributed by atoms with E-state index in [1.54, 1.807) is 6.07 Å². The van der Waals surface area contributed by atoms with Crippen molar-refractivity contribution in [3.63, 3.8) is 0 Å². The lowest BCUT2D eigenvalue weighted by molar-refractivity contribution is -0.116. The quantitative estimate of drug-likeness (QED) is 0.789. The normalized spacial score (nSPS) is 18.3. The Balaban J connectivity index is 2.00. The van der Waals surface area contributed by atoms with E-state index < -0.39 is 5.97 Å². The molecular formula is C13H15ClN2O3. The number of carbonyl (C=O) groups is 2. The molecule has 1 heterocycles. The molecule has 2 rings (SSSR count). The van der Waals surface area contributed by atoms with Crippen molar-refractivity contribution >= 4 is 29.2 Å². The summed E-state index contributed by atoms with van der Waals surface area (Å²) in [7, 11) is 0. The molecule has 0 bridgehead atoms. The molecule has 0 saturated carbocycles. The van der Waals surface area contributed by atoms with Gasteiger partial charge in [-0.05, 0) is 43.6 Å². The van der Waals surface area contributed by atoms with E-state index in [2.05, 4.69) is 10.6 Å². The fourth-order valence-electron chi connectivity index (χ4n) is 2.13. The second-order valence-electron chi connectivity index (χ2n) is 4.61. The zero-order valence-electron chi connectivity index (χ0n) is 10.3. The Morgan fingerprint density at radius 1 is 1.47 bits per heavy atom. The fourth-order valence-corrected chi connectivity index (χ4v) is 2.33. The highest BCUT2D eigenvalue weighted by atomic mass is 35.5. The number of benzene rings is 1. The molecule has 19 heavy (non-hydrogen) atoms. The molecule has 1 amide bonds. The van der Waals surface area contributed by atoms with Crippen LogP contribution in [0.5, 0.6) is 0 Å². The Labute approximate surface area is 116 Å². The summed E-state index contributed by atoms with van der Waals surface area (Å²) in [5.74, 6) is -0.861. The molecule has 5 nitrogen and oxygen atoms in total. The highest BCUT2D eigenvalue weighted by Crippen LogP contribution is 2.21. The number of rotatable bonds is 4. The van der Waals surface area contributed by atoms with Gasteiger partial charge in [0.25, 0.3) is 0 Å². The molecule has 0 aromatic heterocycles. The lowest BCUT2D eigenvalue weighted by atomic mass is 10.0. The van der Waals surface area contributed by atoms with Crippen LogP contribution in [0.4, 0.5) is 5.69 Å². The first-order valence-electron chi connectivity index (χ1n) is 6.09. The van der Waals surface area contributed by atoms with E-state index in [1.807, 2.05) is 0 Å². The van der Waals surface area contributed by atoms with Crippen LogP contribution in [0.3, 0.4) is 0 Å². The fraction of sp³-hybridized carbons (Fsp3) is 0.385. The summed E-state index contributed by atoms with van der Waals surface area (Å²) in [6.07, 6.45) is 1.44. The standard InChI is InChI=1S/C13H15ClN2O3/c14-11-2-1-9(6-10(11)13(18)19)16-12(17)5-8-3-4-15-7-8/h1-2,6,8,15H,3-5,7H2,(H,16,17)(H,18,19). The van der Waals surface area contributed by atoms with Crippen LogP contribution in [0.2, 0.25) is 5.02 Å². The number of carboxylic acid groups (broad SMARTS) is 1. The first-order valence-corrected chi connectivity index (χ1v) is 6.47. The van der Waals surface area contributed by atoms with Gasteiger partial charge in [-0.3, -0.25) is 4.79 Å². The summed E-state index contributed by atoms with van der Waals surface area (Å²) in [6.45, 7) is 1.80. The molecule has 102 valence electrons. The molecule has 6 heteroatoms. The molecule has 1 aliphatic rings. The lowest BCUT2D eigenvalue weighted by Crippen LogP contribution is -2.18. The molecule has 1 aliphatic heterocycles. The van der Waals surface area contributed by atoms with Crippen LogP contribution in [0.15, 0.2) is 18.2 Å². The number of hydrogen-bond donors (Lipinski definition) is 3. The highest BCUT2D eigenvalue weighted by molar-refractivity contribution is 6.33. The molecule has 1 saturated heterocycles. The summed E-state index contributed by atoms with van der Waals surface area (Å²) < 4.78 is 0. The predicted octanol–water partition coefficient (Wildman–Crippen LogP) is 1.98. The first kappa shape index (κ1) is 13.8. The third-order valence-corrected chi connectivity index (χ3v) is 3.45. The van der Waals surface area contributed by atoms with Gasteiger partial charge < -0.3 is 15.7 Å². The van der Waals surface area contributed by atoms with E-state index in [1.165, 1.54) is 12.1 Å². The molecule has 1 aromatic carbocycles. The smallest absolute Gasteiger partial charge is 0.337 e. The van der Waals surface area contributed by atoms with Crippen molar-refractivity contribution in [2.45, 2.75) is 12.8 Å². The SMILES string of the molecule is O=C(CC1CCNC1)Nc1ccc(Cl)c(C(=O)O)c1. The Morgan fingerprint density at radius 3 is 2.89 bits per heavy atom. The van der Waals surface area contributed by atoms with Crippen LogP contribution in [0.25, 0.3) is 0 Å². The van der Waals surface area contributed by atoms with Crippen LogP contribution in [-0.2, 0) is 4.79 Å². The highest BCUT2D eigenvalue weighted by Gasteiger charge is 2.18. The van der Waals surface area contributed by atoms with Gasteiger partial charge in [-0.25, -0.2) is 4.79 Å². The van der Waals surface area contributed by atoms with Gasteiger partial charge in [0, 0.05) is 12.1 Å². The van der Waals surface area contributed by atoms with Crippen molar-refractivity contribution in [1.82, 2.24) is 5.32 Å². The second-order valence-corrected chi connectivity index (χ2v) is 5.02. The van der Waals surface area contributed by atoms with E-state index in [4.69, 9.17) is 16.7 Å². The summed E-state index contributed by atoms with van der Waals surface area (Å²) >= 11 is 5.76. The predicted molar refractivity (Wildman–Crippen MR) is 72.6 cm³/mol. The number of carboxylic acids is 1. The zero-order chi connectivity index (χ0) is 13.8. The molecule has 0 aliphatic carbocycles. The third kappa shape index (κ3) is 3.68.